The lowest BCUT2D eigenvalue weighted by molar-refractivity contribution is 0.167. The van der Waals surface area contributed by atoms with E-state index in [0.717, 1.165) is 18.7 Å². The molecule has 0 aliphatic carbocycles. The third-order valence-corrected chi connectivity index (χ3v) is 3.13. The van der Waals surface area contributed by atoms with Gasteiger partial charge in [-0.1, -0.05) is 0 Å². The molecule has 1 aliphatic rings. The third-order valence-electron chi connectivity index (χ3n) is 3.13. The highest BCUT2D eigenvalue weighted by Gasteiger charge is 2.26. The largest absolute Gasteiger partial charge is 0.453 e. The van der Waals surface area contributed by atoms with E-state index in [2.05, 4.69) is 21.1 Å². The molecule has 1 aliphatic heterocycles. The summed E-state index contributed by atoms with van der Waals surface area (Å²) in [5.74, 6) is 0.691. The number of ether oxygens (including phenoxy) is 1. The molecule has 0 spiro atoms. The summed E-state index contributed by atoms with van der Waals surface area (Å²) in [6.07, 6.45) is 0.389. The fraction of sp³-hybridized carbons (Fsp3) is 0.462. The number of nitrogens with one attached hydrogen (secondary N) is 1. The number of nitriles is 1. The first-order valence-electron chi connectivity index (χ1n) is 6.11. The molecule has 0 aromatic carbocycles. The first kappa shape index (κ1) is 13.1. The van der Waals surface area contributed by atoms with Gasteiger partial charge in [-0.3, -0.25) is 0 Å². The second-order valence-corrected chi connectivity index (χ2v) is 4.50. The molecular formula is C13H16N4O2. The lowest BCUT2D eigenvalue weighted by Crippen LogP contribution is -2.37. The molecule has 2 rings (SSSR count). The van der Waals surface area contributed by atoms with Gasteiger partial charge in [-0.15, -0.1) is 0 Å². The summed E-state index contributed by atoms with van der Waals surface area (Å²) in [6, 6.07) is 5.78. The lowest BCUT2D eigenvalue weighted by Gasteiger charge is -2.19. The SMILES string of the molecule is COC(=O)NC1CCN(c2nc(C)ccc2C#N)C1. The van der Waals surface area contributed by atoms with Crippen LogP contribution in [0.1, 0.15) is 17.7 Å². The zero-order chi connectivity index (χ0) is 13.8. The zero-order valence-electron chi connectivity index (χ0n) is 11.0. The van der Waals surface area contributed by atoms with Crippen molar-refractivity contribution >= 4 is 11.9 Å². The van der Waals surface area contributed by atoms with Crippen LogP contribution in [-0.4, -0.2) is 37.3 Å². The molecule has 1 N–H and O–H groups in total. The van der Waals surface area contributed by atoms with Crippen molar-refractivity contribution in [3.05, 3.63) is 23.4 Å². The fourth-order valence-corrected chi connectivity index (χ4v) is 2.17. The Balaban J connectivity index is 2.11. The smallest absolute Gasteiger partial charge is 0.407 e. The number of alkyl carbamates (subject to hydrolysis) is 1. The second-order valence-electron chi connectivity index (χ2n) is 4.50. The molecule has 0 bridgehead atoms. The number of hydrogen-bond acceptors (Lipinski definition) is 5. The van der Waals surface area contributed by atoms with Crippen molar-refractivity contribution in [2.75, 3.05) is 25.1 Å². The average Bonchev–Trinajstić information content (AvgIpc) is 2.86. The molecule has 0 saturated carbocycles. The Hall–Kier alpha value is -2.29. The van der Waals surface area contributed by atoms with E-state index < -0.39 is 6.09 Å². The van der Waals surface area contributed by atoms with Crippen LogP contribution in [0.5, 0.6) is 0 Å². The summed E-state index contributed by atoms with van der Waals surface area (Å²) in [5, 5.41) is 11.9. The highest BCUT2D eigenvalue weighted by atomic mass is 16.5. The highest BCUT2D eigenvalue weighted by Crippen LogP contribution is 2.22. The van der Waals surface area contributed by atoms with Crippen molar-refractivity contribution in [1.29, 1.82) is 5.26 Å². The molecule has 6 heteroatoms. The maximum Gasteiger partial charge on any atom is 0.407 e. The van der Waals surface area contributed by atoms with Crippen LogP contribution in [0.2, 0.25) is 0 Å². The number of amides is 1. The van der Waals surface area contributed by atoms with Crippen LogP contribution in [0.4, 0.5) is 10.6 Å². The molecule has 1 atom stereocenters. The second kappa shape index (κ2) is 5.57. The van der Waals surface area contributed by atoms with E-state index in [4.69, 9.17) is 5.26 Å². The van der Waals surface area contributed by atoms with Gasteiger partial charge in [0.15, 0.2) is 0 Å². The summed E-state index contributed by atoms with van der Waals surface area (Å²) in [5.41, 5.74) is 1.43. The number of aryl methyl sites for hydroxylation is 1. The van der Waals surface area contributed by atoms with Crippen molar-refractivity contribution in [3.8, 4) is 6.07 Å². The molecule has 1 saturated heterocycles. The molecule has 1 aromatic rings. The Morgan fingerprint density at radius 1 is 1.63 bits per heavy atom. The zero-order valence-corrected chi connectivity index (χ0v) is 11.0. The number of pyridine rings is 1. The molecule has 6 nitrogen and oxygen atoms in total. The Morgan fingerprint density at radius 3 is 3.11 bits per heavy atom. The van der Waals surface area contributed by atoms with Crippen molar-refractivity contribution in [2.45, 2.75) is 19.4 Å². The minimum absolute atomic E-state index is 0.0290. The minimum atomic E-state index is -0.426. The fourth-order valence-electron chi connectivity index (χ4n) is 2.17. The van der Waals surface area contributed by atoms with Gasteiger partial charge in [-0.25, -0.2) is 9.78 Å². The Kier molecular flexibility index (Phi) is 3.85. The predicted molar refractivity (Wildman–Crippen MR) is 69.8 cm³/mol. The molecule has 1 aromatic heterocycles. The van der Waals surface area contributed by atoms with E-state index in [0.29, 0.717) is 17.9 Å². The van der Waals surface area contributed by atoms with E-state index in [9.17, 15) is 4.79 Å². The van der Waals surface area contributed by atoms with Gasteiger partial charge >= 0.3 is 6.09 Å². The standard InChI is InChI=1S/C13H16N4O2/c1-9-3-4-10(7-14)12(15-9)17-6-5-11(8-17)16-13(18)19-2/h3-4,11H,5-6,8H2,1-2H3,(H,16,18). The maximum absolute atomic E-state index is 11.2. The predicted octanol–water partition coefficient (Wildman–Crippen LogP) is 1.20. The van der Waals surface area contributed by atoms with Gasteiger partial charge < -0.3 is 15.0 Å². The van der Waals surface area contributed by atoms with Crippen molar-refractivity contribution in [3.63, 3.8) is 0 Å². The number of rotatable bonds is 2. The number of aromatic nitrogens is 1. The average molecular weight is 260 g/mol. The Bertz CT molecular complexity index is 524. The number of hydrogen-bond donors (Lipinski definition) is 1. The van der Waals surface area contributed by atoms with Crippen LogP contribution >= 0.6 is 0 Å². The van der Waals surface area contributed by atoms with Crippen LogP contribution in [0.3, 0.4) is 0 Å². The summed E-state index contributed by atoms with van der Waals surface area (Å²) < 4.78 is 4.58. The third kappa shape index (κ3) is 2.94. The quantitative estimate of drug-likeness (QED) is 0.864. The normalized spacial score (nSPS) is 17.9. The van der Waals surface area contributed by atoms with Gasteiger partial charge in [0.25, 0.3) is 0 Å². The number of carbonyl (C=O) groups excluding carboxylic acids is 1. The van der Waals surface area contributed by atoms with Crippen LogP contribution in [0.15, 0.2) is 12.1 Å². The van der Waals surface area contributed by atoms with Crippen molar-refractivity contribution < 1.29 is 9.53 Å². The van der Waals surface area contributed by atoms with Gasteiger partial charge in [0.05, 0.1) is 18.7 Å². The minimum Gasteiger partial charge on any atom is -0.453 e. The van der Waals surface area contributed by atoms with E-state index >= 15 is 0 Å². The molecule has 100 valence electrons. The number of anilines is 1. The maximum atomic E-state index is 11.2. The van der Waals surface area contributed by atoms with Gasteiger partial charge in [-0.05, 0) is 25.5 Å². The topological polar surface area (TPSA) is 78.2 Å². The summed E-state index contributed by atoms with van der Waals surface area (Å²) in [6.45, 7) is 3.30. The molecule has 0 radical (unpaired) electrons. The molecular weight excluding hydrogens is 244 g/mol. The van der Waals surface area contributed by atoms with Crippen LogP contribution < -0.4 is 10.2 Å². The van der Waals surface area contributed by atoms with Gasteiger partial charge in [0.1, 0.15) is 11.9 Å². The van der Waals surface area contributed by atoms with Crippen LogP contribution in [0.25, 0.3) is 0 Å². The van der Waals surface area contributed by atoms with E-state index in [1.165, 1.54) is 7.11 Å². The van der Waals surface area contributed by atoms with Crippen LogP contribution in [0, 0.1) is 18.3 Å². The van der Waals surface area contributed by atoms with Gasteiger partial charge in [0.2, 0.25) is 0 Å². The van der Waals surface area contributed by atoms with Crippen molar-refractivity contribution in [2.24, 2.45) is 0 Å². The van der Waals surface area contributed by atoms with Crippen molar-refractivity contribution in [1.82, 2.24) is 10.3 Å². The molecule has 2 heterocycles. The monoisotopic (exact) mass is 260 g/mol. The van der Waals surface area contributed by atoms with E-state index in [1.807, 2.05) is 17.9 Å². The summed E-state index contributed by atoms with van der Waals surface area (Å²) >= 11 is 0. The number of nitrogens with zero attached hydrogens (tertiary/aromatic N) is 3. The lowest BCUT2D eigenvalue weighted by atomic mass is 10.2. The summed E-state index contributed by atoms with van der Waals surface area (Å²) in [4.78, 5) is 17.6. The first-order chi connectivity index (χ1) is 9.13. The molecule has 1 unspecified atom stereocenters. The van der Waals surface area contributed by atoms with Gasteiger partial charge in [0, 0.05) is 18.8 Å². The number of methoxy groups -OCH3 is 1. The van der Waals surface area contributed by atoms with E-state index in [1.54, 1.807) is 6.07 Å². The Morgan fingerprint density at radius 2 is 2.42 bits per heavy atom. The number of carbonyl (C=O) groups is 1. The summed E-state index contributed by atoms with van der Waals surface area (Å²) in [7, 11) is 1.35. The highest BCUT2D eigenvalue weighted by molar-refractivity contribution is 5.67. The Labute approximate surface area is 112 Å². The first-order valence-corrected chi connectivity index (χ1v) is 6.11. The van der Waals surface area contributed by atoms with E-state index in [-0.39, 0.29) is 6.04 Å². The molecule has 1 fully saturated rings. The molecule has 1 amide bonds. The van der Waals surface area contributed by atoms with Gasteiger partial charge in [-0.2, -0.15) is 5.26 Å². The van der Waals surface area contributed by atoms with Crippen LogP contribution in [-0.2, 0) is 4.74 Å². The molecule has 19 heavy (non-hydrogen) atoms.